The summed E-state index contributed by atoms with van der Waals surface area (Å²) >= 11 is 0. The minimum absolute atomic E-state index is 0.574. The maximum atomic E-state index is 5.46. The van der Waals surface area contributed by atoms with Gasteiger partial charge in [-0.2, -0.15) is 0 Å². The molecule has 2 aromatic heterocycles. The fourth-order valence-corrected chi connectivity index (χ4v) is 3.44. The summed E-state index contributed by atoms with van der Waals surface area (Å²) in [5, 5.41) is 2.34. The third kappa shape index (κ3) is 2.36. The van der Waals surface area contributed by atoms with Crippen LogP contribution in [0.5, 0.6) is 17.2 Å². The zero-order chi connectivity index (χ0) is 18.3. The number of ether oxygens (including phenoxy) is 3. The van der Waals surface area contributed by atoms with Gasteiger partial charge in [-0.3, -0.25) is 4.98 Å². The minimum Gasteiger partial charge on any atom is -0.493 e. The first-order valence-corrected chi connectivity index (χ1v) is 8.31. The lowest BCUT2D eigenvalue weighted by Gasteiger charge is -2.14. The van der Waals surface area contributed by atoms with Crippen molar-refractivity contribution in [2.75, 3.05) is 21.3 Å². The van der Waals surface area contributed by atoms with Gasteiger partial charge in [0.2, 0.25) is 5.75 Å². The second-order valence-corrected chi connectivity index (χ2v) is 6.08. The fraction of sp³-hybridized carbons (Fsp3) is 0.190. The maximum Gasteiger partial charge on any atom is 0.203 e. The quantitative estimate of drug-likeness (QED) is 0.548. The Morgan fingerprint density at radius 2 is 1.50 bits per heavy atom. The predicted octanol–water partition coefficient (Wildman–Crippen LogP) is 4.42. The van der Waals surface area contributed by atoms with Crippen molar-refractivity contribution in [2.45, 2.75) is 0 Å². The van der Waals surface area contributed by atoms with Crippen LogP contribution in [0.1, 0.15) is 0 Å². The van der Waals surface area contributed by atoms with Gasteiger partial charge in [-0.05, 0) is 24.3 Å². The van der Waals surface area contributed by atoms with Gasteiger partial charge in [0.05, 0.1) is 32.5 Å². The van der Waals surface area contributed by atoms with E-state index in [0.717, 1.165) is 22.2 Å². The molecule has 2 heterocycles. The van der Waals surface area contributed by atoms with Crippen LogP contribution in [0.4, 0.5) is 0 Å². The number of nitrogens with zero attached hydrogens (tertiary/aromatic N) is 2. The summed E-state index contributed by atoms with van der Waals surface area (Å²) in [6.07, 6.45) is 1.93. The van der Waals surface area contributed by atoms with Crippen LogP contribution >= 0.6 is 0 Å². The van der Waals surface area contributed by atoms with E-state index in [1.54, 1.807) is 21.3 Å². The molecule has 2 aromatic carbocycles. The van der Waals surface area contributed by atoms with Crippen molar-refractivity contribution in [3.8, 4) is 28.5 Å². The Morgan fingerprint density at radius 1 is 0.808 bits per heavy atom. The van der Waals surface area contributed by atoms with Crippen molar-refractivity contribution in [1.82, 2.24) is 9.55 Å². The van der Waals surface area contributed by atoms with E-state index in [-0.39, 0.29) is 0 Å². The predicted molar refractivity (Wildman–Crippen MR) is 103 cm³/mol. The summed E-state index contributed by atoms with van der Waals surface area (Å²) in [6.45, 7) is 0. The van der Waals surface area contributed by atoms with E-state index in [4.69, 9.17) is 14.2 Å². The molecule has 0 aliphatic carbocycles. The monoisotopic (exact) mass is 348 g/mol. The average Bonchev–Trinajstić information content (AvgIpc) is 2.99. The van der Waals surface area contributed by atoms with Crippen LogP contribution in [0.15, 0.2) is 48.7 Å². The van der Waals surface area contributed by atoms with Crippen LogP contribution in [0, 0.1) is 0 Å². The summed E-state index contributed by atoms with van der Waals surface area (Å²) < 4.78 is 18.5. The van der Waals surface area contributed by atoms with Crippen molar-refractivity contribution in [3.63, 3.8) is 0 Å². The van der Waals surface area contributed by atoms with Crippen LogP contribution in [0.3, 0.4) is 0 Å². The molecule has 0 amide bonds. The van der Waals surface area contributed by atoms with Gasteiger partial charge in [0.15, 0.2) is 11.5 Å². The number of aryl methyl sites for hydroxylation is 1. The molecule has 0 radical (unpaired) electrons. The molecule has 132 valence electrons. The van der Waals surface area contributed by atoms with Gasteiger partial charge >= 0.3 is 0 Å². The van der Waals surface area contributed by atoms with Crippen molar-refractivity contribution in [1.29, 1.82) is 0 Å². The van der Waals surface area contributed by atoms with Gasteiger partial charge in [0, 0.05) is 35.1 Å². The van der Waals surface area contributed by atoms with E-state index in [0.29, 0.717) is 17.2 Å². The van der Waals surface area contributed by atoms with Gasteiger partial charge in [0.1, 0.15) is 0 Å². The average molecular weight is 348 g/mol. The van der Waals surface area contributed by atoms with Gasteiger partial charge < -0.3 is 18.8 Å². The molecule has 5 heteroatoms. The normalized spacial score (nSPS) is 11.1. The lowest BCUT2D eigenvalue weighted by Crippen LogP contribution is -1.96. The lowest BCUT2D eigenvalue weighted by molar-refractivity contribution is 0.324. The van der Waals surface area contributed by atoms with Gasteiger partial charge in [-0.25, -0.2) is 0 Å². The lowest BCUT2D eigenvalue weighted by atomic mass is 10.1. The molecule has 0 saturated carbocycles. The van der Waals surface area contributed by atoms with E-state index < -0.39 is 0 Å². The van der Waals surface area contributed by atoms with Gasteiger partial charge in [-0.15, -0.1) is 0 Å². The number of para-hydroxylation sites is 1. The Hall–Kier alpha value is -3.21. The zero-order valence-electron chi connectivity index (χ0n) is 15.2. The number of hydrogen-bond donors (Lipinski definition) is 0. The van der Waals surface area contributed by atoms with E-state index in [1.165, 1.54) is 10.9 Å². The highest BCUT2D eigenvalue weighted by atomic mass is 16.5. The van der Waals surface area contributed by atoms with Gasteiger partial charge in [0.25, 0.3) is 0 Å². The molecule has 0 fully saturated rings. The Morgan fingerprint density at radius 3 is 2.15 bits per heavy atom. The summed E-state index contributed by atoms with van der Waals surface area (Å²) in [4.78, 5) is 4.68. The molecule has 0 N–H and O–H groups in total. The van der Waals surface area contributed by atoms with Crippen LogP contribution in [0.2, 0.25) is 0 Å². The number of aromatic nitrogens is 2. The Kier molecular flexibility index (Phi) is 3.92. The van der Waals surface area contributed by atoms with E-state index in [2.05, 4.69) is 46.9 Å². The molecule has 0 saturated heterocycles. The van der Waals surface area contributed by atoms with Crippen molar-refractivity contribution in [3.05, 3.63) is 48.7 Å². The van der Waals surface area contributed by atoms with Crippen molar-refractivity contribution in [2.24, 2.45) is 7.05 Å². The Balaban J connectivity index is 1.95. The van der Waals surface area contributed by atoms with Crippen molar-refractivity contribution >= 4 is 21.8 Å². The molecule has 0 bridgehead atoms. The maximum absolute atomic E-state index is 5.46. The number of hydrogen-bond acceptors (Lipinski definition) is 4. The first-order chi connectivity index (χ1) is 12.7. The summed E-state index contributed by atoms with van der Waals surface area (Å²) in [7, 11) is 6.90. The number of pyridine rings is 1. The number of rotatable bonds is 4. The van der Waals surface area contributed by atoms with E-state index in [9.17, 15) is 0 Å². The number of benzene rings is 2. The molecular weight excluding hydrogens is 328 g/mol. The fourth-order valence-electron chi connectivity index (χ4n) is 3.44. The standard InChI is InChI=1S/C21H20N2O3/c1-23-17-8-6-5-7-14(17)15-12-22-16(11-18(15)23)13-9-19(24-2)21(26-4)20(10-13)25-3/h5-12H,1-4H3. The van der Waals surface area contributed by atoms with E-state index in [1.807, 2.05) is 18.3 Å². The molecule has 0 atom stereocenters. The molecule has 0 aliphatic heterocycles. The highest BCUT2D eigenvalue weighted by Gasteiger charge is 2.16. The highest BCUT2D eigenvalue weighted by Crippen LogP contribution is 2.41. The third-order valence-corrected chi connectivity index (χ3v) is 4.76. The zero-order valence-corrected chi connectivity index (χ0v) is 15.2. The molecule has 4 rings (SSSR count). The molecule has 0 unspecified atom stereocenters. The first kappa shape index (κ1) is 16.3. The molecular formula is C21H20N2O3. The van der Waals surface area contributed by atoms with Crippen molar-refractivity contribution < 1.29 is 14.2 Å². The topological polar surface area (TPSA) is 45.5 Å². The van der Waals surface area contributed by atoms with Crippen LogP contribution in [-0.2, 0) is 7.05 Å². The van der Waals surface area contributed by atoms with Gasteiger partial charge in [-0.1, -0.05) is 18.2 Å². The summed E-state index contributed by atoms with van der Waals surface area (Å²) in [6, 6.07) is 14.3. The highest BCUT2D eigenvalue weighted by molar-refractivity contribution is 6.08. The van der Waals surface area contributed by atoms with E-state index >= 15 is 0 Å². The number of fused-ring (bicyclic) bond motifs is 3. The second-order valence-electron chi connectivity index (χ2n) is 6.08. The minimum atomic E-state index is 0.574. The first-order valence-electron chi connectivity index (χ1n) is 8.31. The third-order valence-electron chi connectivity index (χ3n) is 4.76. The Bertz CT molecular complexity index is 1090. The summed E-state index contributed by atoms with van der Waals surface area (Å²) in [5.41, 5.74) is 4.07. The SMILES string of the molecule is COc1cc(-c2cc3c(cn2)c2ccccc2n3C)cc(OC)c1OC. The second kappa shape index (κ2) is 6.26. The molecule has 5 nitrogen and oxygen atoms in total. The molecule has 0 aliphatic rings. The smallest absolute Gasteiger partial charge is 0.203 e. The van der Waals surface area contributed by atoms with Crippen LogP contribution < -0.4 is 14.2 Å². The summed E-state index contributed by atoms with van der Waals surface area (Å²) in [5.74, 6) is 1.80. The number of methoxy groups -OCH3 is 3. The van der Waals surface area contributed by atoms with Crippen LogP contribution in [-0.4, -0.2) is 30.9 Å². The Labute approximate surface area is 151 Å². The molecule has 26 heavy (non-hydrogen) atoms. The van der Waals surface area contributed by atoms with Crippen LogP contribution in [0.25, 0.3) is 33.1 Å². The molecule has 4 aromatic rings. The largest absolute Gasteiger partial charge is 0.493 e. The molecule has 0 spiro atoms.